The number of nitrogens with two attached hydrogens (primary N) is 1. The van der Waals surface area contributed by atoms with E-state index in [4.69, 9.17) is 5.73 Å². The number of hydrogen-bond acceptors (Lipinski definition) is 2. The van der Waals surface area contributed by atoms with Gasteiger partial charge in [0.15, 0.2) is 0 Å². The molecule has 1 aromatic rings. The minimum atomic E-state index is -0.0425. The van der Waals surface area contributed by atoms with Crippen LogP contribution in [-0.4, -0.2) is 23.1 Å². The molecule has 1 unspecified atom stereocenters. The van der Waals surface area contributed by atoms with E-state index in [1.807, 2.05) is 29.9 Å². The van der Waals surface area contributed by atoms with Crippen molar-refractivity contribution in [2.24, 2.45) is 12.8 Å². The molecule has 1 atom stereocenters. The molecule has 1 rings (SSSR count). The first kappa shape index (κ1) is 16.0. The third kappa shape index (κ3) is 4.79. The van der Waals surface area contributed by atoms with Gasteiger partial charge in [-0.2, -0.15) is 0 Å². The van der Waals surface area contributed by atoms with Crippen LogP contribution in [0.2, 0.25) is 0 Å². The van der Waals surface area contributed by atoms with Gasteiger partial charge in [-0.15, -0.1) is 12.4 Å². The summed E-state index contributed by atoms with van der Waals surface area (Å²) in [5.41, 5.74) is 6.31. The van der Waals surface area contributed by atoms with Gasteiger partial charge >= 0.3 is 0 Å². The fourth-order valence-electron chi connectivity index (χ4n) is 1.66. The number of amides is 1. The summed E-state index contributed by atoms with van der Waals surface area (Å²) in [5.74, 6) is -0.0425. The minimum Gasteiger partial charge on any atom is -0.347 e. The first-order valence-electron chi connectivity index (χ1n) is 5.81. The first-order valence-corrected chi connectivity index (χ1v) is 5.81. The van der Waals surface area contributed by atoms with Gasteiger partial charge in [0.05, 0.1) is 0 Å². The molecular weight excluding hydrogens is 238 g/mol. The highest BCUT2D eigenvalue weighted by Gasteiger charge is 2.13. The van der Waals surface area contributed by atoms with Crippen LogP contribution in [0, 0.1) is 0 Å². The molecule has 5 heteroatoms. The van der Waals surface area contributed by atoms with Crippen LogP contribution in [-0.2, 0) is 7.05 Å². The van der Waals surface area contributed by atoms with Gasteiger partial charge in [0, 0.05) is 25.8 Å². The monoisotopic (exact) mass is 259 g/mol. The highest BCUT2D eigenvalue weighted by molar-refractivity contribution is 5.92. The molecule has 17 heavy (non-hydrogen) atoms. The Morgan fingerprint density at radius 1 is 1.59 bits per heavy atom. The Hall–Kier alpha value is -1.00. The summed E-state index contributed by atoms with van der Waals surface area (Å²) >= 11 is 0. The molecular formula is C12H22ClN3O. The fraction of sp³-hybridized carbons (Fsp3) is 0.583. The molecule has 0 saturated carbocycles. The van der Waals surface area contributed by atoms with Gasteiger partial charge in [-0.3, -0.25) is 4.79 Å². The zero-order valence-corrected chi connectivity index (χ0v) is 11.3. The Labute approximate surface area is 109 Å². The molecule has 0 aliphatic heterocycles. The highest BCUT2D eigenvalue weighted by Crippen LogP contribution is 2.03. The summed E-state index contributed by atoms with van der Waals surface area (Å²) in [7, 11) is 1.86. The van der Waals surface area contributed by atoms with E-state index in [-0.39, 0.29) is 24.4 Å². The van der Waals surface area contributed by atoms with Crippen molar-refractivity contribution in [2.45, 2.75) is 32.2 Å². The van der Waals surface area contributed by atoms with E-state index >= 15 is 0 Å². The van der Waals surface area contributed by atoms with Crippen LogP contribution in [0.5, 0.6) is 0 Å². The molecule has 4 nitrogen and oxygen atoms in total. The number of halogens is 1. The molecule has 0 fully saturated rings. The Morgan fingerprint density at radius 3 is 2.76 bits per heavy atom. The maximum absolute atomic E-state index is 11.9. The van der Waals surface area contributed by atoms with Crippen molar-refractivity contribution in [1.82, 2.24) is 9.88 Å². The summed E-state index contributed by atoms with van der Waals surface area (Å²) < 4.78 is 1.81. The number of unbranched alkanes of at least 4 members (excludes halogenated alkanes) is 1. The molecule has 3 N–H and O–H groups in total. The highest BCUT2D eigenvalue weighted by atomic mass is 35.5. The first-order chi connectivity index (χ1) is 7.69. The van der Waals surface area contributed by atoms with Crippen molar-refractivity contribution < 1.29 is 4.79 Å². The molecule has 0 aromatic carbocycles. The molecule has 0 saturated heterocycles. The van der Waals surface area contributed by atoms with Crippen molar-refractivity contribution in [3.63, 3.8) is 0 Å². The van der Waals surface area contributed by atoms with Gasteiger partial charge in [0.1, 0.15) is 5.69 Å². The summed E-state index contributed by atoms with van der Waals surface area (Å²) in [6.07, 6.45) is 5.02. The zero-order valence-electron chi connectivity index (χ0n) is 10.5. The van der Waals surface area contributed by atoms with Crippen LogP contribution >= 0.6 is 12.4 Å². The Kier molecular flexibility index (Phi) is 7.66. The third-order valence-corrected chi connectivity index (χ3v) is 2.70. The summed E-state index contributed by atoms with van der Waals surface area (Å²) in [6.45, 7) is 2.63. The lowest BCUT2D eigenvalue weighted by molar-refractivity contribution is 0.0927. The Morgan fingerprint density at radius 2 is 2.29 bits per heavy atom. The van der Waals surface area contributed by atoms with Gasteiger partial charge < -0.3 is 15.6 Å². The average Bonchev–Trinajstić information content (AvgIpc) is 2.70. The zero-order chi connectivity index (χ0) is 12.0. The predicted octanol–water partition coefficient (Wildman–Crippen LogP) is 1.69. The number of hydrogen-bond donors (Lipinski definition) is 2. The predicted molar refractivity (Wildman–Crippen MR) is 72.5 cm³/mol. The van der Waals surface area contributed by atoms with Gasteiger partial charge in [0.2, 0.25) is 0 Å². The maximum Gasteiger partial charge on any atom is 0.268 e. The van der Waals surface area contributed by atoms with Crippen molar-refractivity contribution in [2.75, 3.05) is 6.54 Å². The number of nitrogens with zero attached hydrogens (tertiary/aromatic N) is 1. The van der Waals surface area contributed by atoms with Gasteiger partial charge in [-0.05, 0) is 18.6 Å². The molecule has 0 radical (unpaired) electrons. The molecule has 98 valence electrons. The van der Waals surface area contributed by atoms with Crippen LogP contribution in [0.4, 0.5) is 0 Å². The summed E-state index contributed by atoms with van der Waals surface area (Å²) in [6, 6.07) is 3.75. The fourth-order valence-corrected chi connectivity index (χ4v) is 1.66. The normalized spacial score (nSPS) is 11.7. The van der Waals surface area contributed by atoms with E-state index in [9.17, 15) is 4.79 Å². The number of carbonyl (C=O) groups is 1. The second-order valence-corrected chi connectivity index (χ2v) is 4.05. The smallest absolute Gasteiger partial charge is 0.268 e. The molecule has 0 aliphatic carbocycles. The summed E-state index contributed by atoms with van der Waals surface area (Å²) in [5, 5.41) is 2.96. The van der Waals surface area contributed by atoms with Crippen LogP contribution in [0.3, 0.4) is 0 Å². The van der Waals surface area contributed by atoms with Crippen molar-refractivity contribution in [3.8, 4) is 0 Å². The SMILES string of the molecule is CCCCC(CN)NC(=O)c1cccn1C.Cl. The maximum atomic E-state index is 11.9. The third-order valence-electron chi connectivity index (χ3n) is 2.70. The Balaban J connectivity index is 0.00000256. The summed E-state index contributed by atoms with van der Waals surface area (Å²) in [4.78, 5) is 11.9. The van der Waals surface area contributed by atoms with E-state index in [1.54, 1.807) is 0 Å². The van der Waals surface area contributed by atoms with Crippen LogP contribution in [0.1, 0.15) is 36.7 Å². The number of nitrogens with one attached hydrogen (secondary N) is 1. The van der Waals surface area contributed by atoms with E-state index in [0.29, 0.717) is 12.2 Å². The number of rotatable bonds is 6. The Bertz CT molecular complexity index is 338. The number of carbonyl (C=O) groups excluding carboxylic acids is 1. The molecule has 0 spiro atoms. The quantitative estimate of drug-likeness (QED) is 0.817. The van der Waals surface area contributed by atoms with E-state index in [1.165, 1.54) is 0 Å². The molecule has 1 aromatic heterocycles. The lowest BCUT2D eigenvalue weighted by Crippen LogP contribution is -2.40. The van der Waals surface area contributed by atoms with E-state index in [2.05, 4.69) is 12.2 Å². The standard InChI is InChI=1S/C12H21N3O.ClH/c1-3-4-6-10(9-13)14-12(16)11-7-5-8-15(11)2;/h5,7-8,10H,3-4,6,9,13H2,1-2H3,(H,14,16);1H. The van der Waals surface area contributed by atoms with E-state index in [0.717, 1.165) is 19.3 Å². The molecule has 1 amide bonds. The topological polar surface area (TPSA) is 60.0 Å². The van der Waals surface area contributed by atoms with Crippen molar-refractivity contribution >= 4 is 18.3 Å². The van der Waals surface area contributed by atoms with Gasteiger partial charge in [-0.1, -0.05) is 19.8 Å². The van der Waals surface area contributed by atoms with Crippen LogP contribution in [0.15, 0.2) is 18.3 Å². The number of aryl methyl sites for hydroxylation is 1. The van der Waals surface area contributed by atoms with Gasteiger partial charge in [-0.25, -0.2) is 0 Å². The van der Waals surface area contributed by atoms with Crippen LogP contribution < -0.4 is 11.1 Å². The van der Waals surface area contributed by atoms with E-state index < -0.39 is 0 Å². The lowest BCUT2D eigenvalue weighted by atomic mass is 10.1. The second kappa shape index (κ2) is 8.14. The lowest BCUT2D eigenvalue weighted by Gasteiger charge is -2.16. The second-order valence-electron chi connectivity index (χ2n) is 4.05. The molecule has 0 bridgehead atoms. The minimum absolute atomic E-state index is 0. The average molecular weight is 260 g/mol. The number of aromatic nitrogens is 1. The van der Waals surface area contributed by atoms with Crippen LogP contribution in [0.25, 0.3) is 0 Å². The van der Waals surface area contributed by atoms with Crippen molar-refractivity contribution in [3.05, 3.63) is 24.0 Å². The van der Waals surface area contributed by atoms with Crippen molar-refractivity contribution in [1.29, 1.82) is 0 Å². The molecule has 0 aliphatic rings. The largest absolute Gasteiger partial charge is 0.347 e. The van der Waals surface area contributed by atoms with Gasteiger partial charge in [0.25, 0.3) is 5.91 Å². The molecule has 1 heterocycles.